The van der Waals surface area contributed by atoms with Crippen molar-refractivity contribution in [3.05, 3.63) is 30.1 Å². The van der Waals surface area contributed by atoms with Gasteiger partial charge in [-0.3, -0.25) is 14.6 Å². The molecule has 1 aliphatic heterocycles. The number of fused-ring (bicyclic) bond motifs is 2. The SMILES string of the molecule is COC(=O)CCCCC(=O)[C@H]1[C@H]2CC[C@H](C2)[C@@H]1C1=NOC(c2ccccn2)C1. The number of carbonyl (C=O) groups excluding carboxylic acids is 2. The van der Waals surface area contributed by atoms with E-state index in [0.29, 0.717) is 36.9 Å². The van der Waals surface area contributed by atoms with E-state index >= 15 is 0 Å². The summed E-state index contributed by atoms with van der Waals surface area (Å²) >= 11 is 0. The van der Waals surface area contributed by atoms with Crippen LogP contribution in [-0.2, 0) is 19.2 Å². The van der Waals surface area contributed by atoms with Crippen molar-refractivity contribution < 1.29 is 19.2 Å². The fourth-order valence-corrected chi connectivity index (χ4v) is 5.39. The van der Waals surface area contributed by atoms with E-state index in [1.54, 1.807) is 6.20 Å². The number of methoxy groups -OCH3 is 1. The van der Waals surface area contributed by atoms with Crippen molar-refractivity contribution in [2.24, 2.45) is 28.8 Å². The summed E-state index contributed by atoms with van der Waals surface area (Å²) < 4.78 is 4.67. The summed E-state index contributed by atoms with van der Waals surface area (Å²) in [5.74, 6) is 1.47. The molecular weight excluding hydrogens is 356 g/mol. The first-order chi connectivity index (χ1) is 13.7. The summed E-state index contributed by atoms with van der Waals surface area (Å²) in [5.41, 5.74) is 1.95. The minimum Gasteiger partial charge on any atom is -0.469 e. The van der Waals surface area contributed by atoms with Crippen molar-refractivity contribution in [1.29, 1.82) is 0 Å². The van der Waals surface area contributed by atoms with Crippen LogP contribution in [0.4, 0.5) is 0 Å². The van der Waals surface area contributed by atoms with Gasteiger partial charge in [0.15, 0.2) is 6.10 Å². The Balaban J connectivity index is 1.37. The van der Waals surface area contributed by atoms with E-state index in [0.717, 1.165) is 37.1 Å². The summed E-state index contributed by atoms with van der Waals surface area (Å²) in [4.78, 5) is 34.4. The van der Waals surface area contributed by atoms with Gasteiger partial charge in [-0.05, 0) is 56.1 Å². The maximum Gasteiger partial charge on any atom is 0.305 e. The summed E-state index contributed by atoms with van der Waals surface area (Å²) in [6.07, 6.45) is 8.22. The normalized spacial score (nSPS) is 30.8. The molecule has 1 unspecified atom stereocenters. The van der Waals surface area contributed by atoms with Gasteiger partial charge in [0.25, 0.3) is 0 Å². The van der Waals surface area contributed by atoms with Crippen LogP contribution in [0.25, 0.3) is 0 Å². The van der Waals surface area contributed by atoms with Crippen LogP contribution in [0.15, 0.2) is 29.6 Å². The molecule has 4 rings (SSSR count). The highest BCUT2D eigenvalue weighted by Gasteiger charge is 2.53. The van der Waals surface area contributed by atoms with Crippen molar-refractivity contribution in [3.8, 4) is 0 Å². The molecule has 150 valence electrons. The Bertz CT molecular complexity index is 748. The highest BCUT2D eigenvalue weighted by atomic mass is 16.6. The van der Waals surface area contributed by atoms with Crippen LogP contribution in [0.1, 0.15) is 63.2 Å². The molecule has 0 saturated heterocycles. The van der Waals surface area contributed by atoms with Crippen molar-refractivity contribution in [3.63, 3.8) is 0 Å². The van der Waals surface area contributed by atoms with Crippen molar-refractivity contribution in [1.82, 2.24) is 4.98 Å². The van der Waals surface area contributed by atoms with E-state index in [2.05, 4.69) is 14.9 Å². The van der Waals surface area contributed by atoms with E-state index in [1.807, 2.05) is 18.2 Å². The molecule has 2 fully saturated rings. The van der Waals surface area contributed by atoms with Crippen LogP contribution in [-0.4, -0.2) is 29.6 Å². The summed E-state index contributed by atoms with van der Waals surface area (Å²) in [7, 11) is 1.40. The molecule has 2 heterocycles. The molecule has 0 aromatic carbocycles. The lowest BCUT2D eigenvalue weighted by atomic mass is 9.72. The standard InChI is InChI=1S/C22H28N2O4/c1-27-20(26)8-3-2-7-18(25)22-15-10-9-14(12-15)21(22)17-13-19(28-24-17)16-6-4-5-11-23-16/h4-6,11,14-15,19,21-22H,2-3,7-10,12-13H2,1H3/t14-,15+,19?,21-,22-/m1/s1. The van der Waals surface area contributed by atoms with Gasteiger partial charge in [0, 0.05) is 37.3 Å². The average molecular weight is 384 g/mol. The lowest BCUT2D eigenvalue weighted by Crippen LogP contribution is -2.34. The zero-order valence-corrected chi connectivity index (χ0v) is 16.4. The Morgan fingerprint density at radius 2 is 2.00 bits per heavy atom. The van der Waals surface area contributed by atoms with E-state index in [9.17, 15) is 9.59 Å². The molecule has 1 aromatic rings. The van der Waals surface area contributed by atoms with Crippen LogP contribution in [0, 0.1) is 23.7 Å². The monoisotopic (exact) mass is 384 g/mol. The summed E-state index contributed by atoms with van der Waals surface area (Å²) in [5, 5.41) is 4.42. The number of ketones is 1. The van der Waals surface area contributed by atoms with E-state index in [4.69, 9.17) is 4.84 Å². The fraction of sp³-hybridized carbons (Fsp3) is 0.636. The minimum atomic E-state index is -0.205. The topological polar surface area (TPSA) is 77.9 Å². The minimum absolute atomic E-state index is 0.0710. The Kier molecular flexibility index (Phi) is 5.74. The number of hydrogen-bond donors (Lipinski definition) is 0. The number of rotatable bonds is 8. The van der Waals surface area contributed by atoms with E-state index in [-0.39, 0.29) is 23.9 Å². The highest BCUT2D eigenvalue weighted by Crippen LogP contribution is 2.55. The summed E-state index contributed by atoms with van der Waals surface area (Å²) in [6.45, 7) is 0. The maximum absolute atomic E-state index is 13.0. The molecule has 0 N–H and O–H groups in total. The molecule has 3 aliphatic rings. The smallest absolute Gasteiger partial charge is 0.305 e. The molecule has 0 radical (unpaired) electrons. The van der Waals surface area contributed by atoms with Crippen LogP contribution >= 0.6 is 0 Å². The zero-order chi connectivity index (χ0) is 19.5. The Hall–Kier alpha value is -2.24. The largest absolute Gasteiger partial charge is 0.469 e. The lowest BCUT2D eigenvalue weighted by Gasteiger charge is -2.29. The van der Waals surface area contributed by atoms with Gasteiger partial charge in [-0.25, -0.2) is 0 Å². The molecule has 1 aromatic heterocycles. The molecule has 28 heavy (non-hydrogen) atoms. The van der Waals surface area contributed by atoms with Gasteiger partial charge in [-0.15, -0.1) is 0 Å². The molecular formula is C22H28N2O4. The Morgan fingerprint density at radius 3 is 2.79 bits per heavy atom. The number of nitrogens with zero attached hydrogens (tertiary/aromatic N) is 2. The Labute approximate surface area is 165 Å². The lowest BCUT2D eigenvalue weighted by molar-refractivity contribution is -0.140. The van der Waals surface area contributed by atoms with Gasteiger partial charge in [0.2, 0.25) is 0 Å². The van der Waals surface area contributed by atoms with Gasteiger partial charge in [-0.2, -0.15) is 0 Å². The fourth-order valence-electron chi connectivity index (χ4n) is 5.39. The maximum atomic E-state index is 13.0. The third kappa shape index (κ3) is 3.82. The number of Topliss-reactive ketones (excluding diaryl/α,β-unsaturated/α-hetero) is 1. The number of carbonyl (C=O) groups is 2. The second-order valence-electron chi connectivity index (χ2n) is 8.27. The van der Waals surface area contributed by atoms with Gasteiger partial charge in [0.1, 0.15) is 5.78 Å². The second kappa shape index (κ2) is 8.41. The Morgan fingerprint density at radius 1 is 1.18 bits per heavy atom. The molecule has 6 heteroatoms. The number of pyridine rings is 1. The van der Waals surface area contributed by atoms with Crippen molar-refractivity contribution in [2.45, 2.75) is 57.5 Å². The van der Waals surface area contributed by atoms with Crippen LogP contribution in [0.3, 0.4) is 0 Å². The predicted octanol–water partition coefficient (Wildman–Crippen LogP) is 3.86. The van der Waals surface area contributed by atoms with Crippen LogP contribution in [0.5, 0.6) is 0 Å². The first-order valence-corrected chi connectivity index (χ1v) is 10.4. The molecule has 2 saturated carbocycles. The number of hydrogen-bond acceptors (Lipinski definition) is 6. The third-order valence-corrected chi connectivity index (χ3v) is 6.66. The molecule has 2 aliphatic carbocycles. The van der Waals surface area contributed by atoms with Crippen molar-refractivity contribution in [2.75, 3.05) is 7.11 Å². The van der Waals surface area contributed by atoms with Crippen LogP contribution in [0.2, 0.25) is 0 Å². The van der Waals surface area contributed by atoms with Gasteiger partial charge >= 0.3 is 5.97 Å². The molecule has 0 spiro atoms. The molecule has 5 atom stereocenters. The van der Waals surface area contributed by atoms with E-state index < -0.39 is 0 Å². The average Bonchev–Trinajstić information content (AvgIpc) is 3.47. The molecule has 0 amide bonds. The molecule has 2 bridgehead atoms. The number of esters is 1. The predicted molar refractivity (Wildman–Crippen MR) is 103 cm³/mol. The second-order valence-corrected chi connectivity index (χ2v) is 8.27. The number of oxime groups is 1. The first kappa shape index (κ1) is 19.1. The van der Waals surface area contributed by atoms with Crippen molar-refractivity contribution >= 4 is 17.5 Å². The third-order valence-electron chi connectivity index (χ3n) is 6.66. The van der Waals surface area contributed by atoms with Crippen LogP contribution < -0.4 is 0 Å². The first-order valence-electron chi connectivity index (χ1n) is 10.4. The number of ether oxygens (including phenoxy) is 1. The number of unbranched alkanes of at least 4 members (excludes halogenated alkanes) is 1. The molecule has 6 nitrogen and oxygen atoms in total. The van der Waals surface area contributed by atoms with Gasteiger partial charge in [0.05, 0.1) is 18.5 Å². The van der Waals surface area contributed by atoms with E-state index in [1.165, 1.54) is 13.5 Å². The van der Waals surface area contributed by atoms with Gasteiger partial charge < -0.3 is 9.57 Å². The zero-order valence-electron chi connectivity index (χ0n) is 16.4. The van der Waals surface area contributed by atoms with Gasteiger partial charge in [-0.1, -0.05) is 11.2 Å². The highest BCUT2D eigenvalue weighted by molar-refractivity contribution is 5.94. The quantitative estimate of drug-likeness (QED) is 0.502. The number of aromatic nitrogens is 1. The summed E-state index contributed by atoms with van der Waals surface area (Å²) in [6, 6.07) is 5.82.